The van der Waals surface area contributed by atoms with Crippen molar-refractivity contribution in [3.05, 3.63) is 71.8 Å². The molecule has 0 aromatic heterocycles. The fourth-order valence-corrected chi connectivity index (χ4v) is 2.09. The van der Waals surface area contributed by atoms with Crippen molar-refractivity contribution in [2.24, 2.45) is 0 Å². The smallest absolute Gasteiger partial charge is 0.0360 e. The molecule has 0 heterocycles. The first kappa shape index (κ1) is 11.9. The third-order valence-corrected chi connectivity index (χ3v) is 2.94. The van der Waals surface area contributed by atoms with E-state index in [2.05, 4.69) is 72.9 Å². The van der Waals surface area contributed by atoms with Crippen LogP contribution in [0.15, 0.2) is 60.7 Å². The predicted molar refractivity (Wildman–Crippen MR) is 75.1 cm³/mol. The highest BCUT2D eigenvalue weighted by Crippen LogP contribution is 2.17. The first-order valence-electron chi connectivity index (χ1n) is 6.22. The Morgan fingerprint density at radius 3 is 2.12 bits per heavy atom. The van der Waals surface area contributed by atoms with Crippen molar-refractivity contribution in [1.29, 1.82) is 0 Å². The third-order valence-electron chi connectivity index (χ3n) is 2.94. The number of likely N-dealkylation sites (N-methyl/N-ethyl adjacent to an activating group) is 1. The lowest BCUT2D eigenvalue weighted by molar-refractivity contribution is 0.550. The summed E-state index contributed by atoms with van der Waals surface area (Å²) in [6, 6.07) is 21.7. The summed E-state index contributed by atoms with van der Waals surface area (Å²) in [6.07, 6.45) is 1.04. The molecule has 0 aliphatic rings. The molecule has 1 N–H and O–H groups in total. The second kappa shape index (κ2) is 6.21. The summed E-state index contributed by atoms with van der Waals surface area (Å²) >= 11 is 0. The molecule has 0 saturated carbocycles. The molecule has 1 unspecified atom stereocenters. The largest absolute Gasteiger partial charge is 0.310 e. The molecule has 1 nitrogen and oxygen atoms in total. The summed E-state index contributed by atoms with van der Waals surface area (Å²) in [6.45, 7) is 3.15. The highest BCUT2D eigenvalue weighted by molar-refractivity contribution is 5.23. The molecular formula is C16H21N. The minimum Gasteiger partial charge on any atom is -0.310 e. The standard InChI is InChI=1S/C16H19N.H2/c1-2-17-16(15-11-7-4-8-12-15)13-14-9-5-3-6-10-14;/h3-12,16-17H,2,13H2,1H3;1H. The fraction of sp³-hybridized carbons (Fsp3) is 0.250. The molecule has 0 bridgehead atoms. The number of hydrogen-bond donors (Lipinski definition) is 1. The van der Waals surface area contributed by atoms with Crippen LogP contribution in [0.4, 0.5) is 0 Å². The molecule has 0 fully saturated rings. The fourth-order valence-electron chi connectivity index (χ4n) is 2.09. The zero-order valence-electron chi connectivity index (χ0n) is 10.3. The van der Waals surface area contributed by atoms with Crippen LogP contribution in [0.2, 0.25) is 0 Å². The van der Waals surface area contributed by atoms with Gasteiger partial charge in [0.1, 0.15) is 0 Å². The summed E-state index contributed by atoms with van der Waals surface area (Å²) in [7, 11) is 0. The van der Waals surface area contributed by atoms with E-state index in [0.717, 1.165) is 13.0 Å². The van der Waals surface area contributed by atoms with Crippen molar-refractivity contribution in [3.8, 4) is 0 Å². The van der Waals surface area contributed by atoms with Crippen LogP contribution in [-0.4, -0.2) is 6.54 Å². The summed E-state index contributed by atoms with van der Waals surface area (Å²) in [5, 5.41) is 3.55. The van der Waals surface area contributed by atoms with Gasteiger partial charge in [-0.15, -0.1) is 0 Å². The molecule has 2 aromatic carbocycles. The maximum atomic E-state index is 3.55. The quantitative estimate of drug-likeness (QED) is 0.818. The van der Waals surface area contributed by atoms with Gasteiger partial charge in [0.15, 0.2) is 0 Å². The zero-order chi connectivity index (χ0) is 11.9. The highest BCUT2D eigenvalue weighted by atomic mass is 14.9. The number of nitrogens with one attached hydrogen (secondary N) is 1. The lowest BCUT2D eigenvalue weighted by atomic mass is 9.99. The molecule has 0 aliphatic carbocycles. The second-order valence-corrected chi connectivity index (χ2v) is 4.21. The van der Waals surface area contributed by atoms with Gasteiger partial charge in [-0.25, -0.2) is 0 Å². The summed E-state index contributed by atoms with van der Waals surface area (Å²) in [5.41, 5.74) is 2.74. The molecule has 0 amide bonds. The van der Waals surface area contributed by atoms with Crippen LogP contribution in [-0.2, 0) is 6.42 Å². The Morgan fingerprint density at radius 1 is 0.941 bits per heavy atom. The average Bonchev–Trinajstić information content (AvgIpc) is 2.40. The van der Waals surface area contributed by atoms with Crippen LogP contribution in [0.25, 0.3) is 0 Å². The van der Waals surface area contributed by atoms with E-state index in [-0.39, 0.29) is 1.43 Å². The van der Waals surface area contributed by atoms with Crippen molar-refractivity contribution in [2.75, 3.05) is 6.54 Å². The predicted octanol–water partition coefficient (Wildman–Crippen LogP) is 3.83. The van der Waals surface area contributed by atoms with Crippen molar-refractivity contribution >= 4 is 0 Å². The topological polar surface area (TPSA) is 12.0 Å². The Kier molecular flexibility index (Phi) is 4.34. The molecule has 0 saturated heterocycles. The van der Waals surface area contributed by atoms with Crippen LogP contribution in [0.5, 0.6) is 0 Å². The Bertz CT molecular complexity index is 427. The van der Waals surface area contributed by atoms with E-state index in [9.17, 15) is 0 Å². The van der Waals surface area contributed by atoms with E-state index in [1.807, 2.05) is 0 Å². The summed E-state index contributed by atoms with van der Waals surface area (Å²) in [4.78, 5) is 0. The van der Waals surface area contributed by atoms with Gasteiger partial charge in [0.25, 0.3) is 0 Å². The molecule has 90 valence electrons. The molecule has 17 heavy (non-hydrogen) atoms. The van der Waals surface area contributed by atoms with Crippen LogP contribution in [0.1, 0.15) is 25.5 Å². The lowest BCUT2D eigenvalue weighted by Gasteiger charge is -2.18. The van der Waals surface area contributed by atoms with Gasteiger partial charge in [-0.1, -0.05) is 67.6 Å². The van der Waals surface area contributed by atoms with E-state index >= 15 is 0 Å². The SMILES string of the molecule is CCNC(Cc1ccccc1)c1ccccc1.[HH]. The van der Waals surface area contributed by atoms with Gasteiger partial charge in [0, 0.05) is 7.47 Å². The monoisotopic (exact) mass is 227 g/mol. The van der Waals surface area contributed by atoms with Gasteiger partial charge in [0.2, 0.25) is 0 Å². The minimum atomic E-state index is 0. The average molecular weight is 227 g/mol. The minimum absolute atomic E-state index is 0. The summed E-state index contributed by atoms with van der Waals surface area (Å²) in [5.74, 6) is 0. The second-order valence-electron chi connectivity index (χ2n) is 4.21. The van der Waals surface area contributed by atoms with Gasteiger partial charge in [-0.05, 0) is 24.1 Å². The van der Waals surface area contributed by atoms with Gasteiger partial charge >= 0.3 is 0 Å². The molecule has 1 atom stereocenters. The van der Waals surface area contributed by atoms with E-state index < -0.39 is 0 Å². The van der Waals surface area contributed by atoms with Crippen molar-refractivity contribution in [2.45, 2.75) is 19.4 Å². The lowest BCUT2D eigenvalue weighted by Crippen LogP contribution is -2.22. The number of benzene rings is 2. The Balaban J connectivity index is 0.00000162. The van der Waals surface area contributed by atoms with Crippen molar-refractivity contribution in [3.63, 3.8) is 0 Å². The number of rotatable bonds is 5. The van der Waals surface area contributed by atoms with Gasteiger partial charge in [-0.3, -0.25) is 0 Å². The molecular weight excluding hydrogens is 206 g/mol. The van der Waals surface area contributed by atoms with Crippen LogP contribution in [0.3, 0.4) is 0 Å². The Labute approximate surface area is 105 Å². The normalized spacial score (nSPS) is 12.3. The Hall–Kier alpha value is -1.60. The molecule has 0 aliphatic heterocycles. The van der Waals surface area contributed by atoms with Crippen molar-refractivity contribution < 1.29 is 1.43 Å². The molecule has 0 radical (unpaired) electrons. The molecule has 0 spiro atoms. The highest BCUT2D eigenvalue weighted by Gasteiger charge is 2.09. The first-order valence-corrected chi connectivity index (χ1v) is 6.22. The molecule has 2 rings (SSSR count). The van der Waals surface area contributed by atoms with Crippen molar-refractivity contribution in [1.82, 2.24) is 5.32 Å². The molecule has 2 aromatic rings. The van der Waals surface area contributed by atoms with Gasteiger partial charge in [0.05, 0.1) is 0 Å². The summed E-state index contributed by atoms with van der Waals surface area (Å²) < 4.78 is 0. The number of hydrogen-bond acceptors (Lipinski definition) is 1. The van der Waals surface area contributed by atoms with Crippen LogP contribution >= 0.6 is 0 Å². The molecule has 1 heteroatoms. The third kappa shape index (κ3) is 3.43. The van der Waals surface area contributed by atoms with E-state index in [4.69, 9.17) is 0 Å². The maximum Gasteiger partial charge on any atom is 0.0360 e. The first-order chi connectivity index (χ1) is 8.40. The van der Waals surface area contributed by atoms with E-state index in [1.54, 1.807) is 0 Å². The van der Waals surface area contributed by atoms with Gasteiger partial charge in [-0.2, -0.15) is 0 Å². The van der Waals surface area contributed by atoms with E-state index in [1.165, 1.54) is 11.1 Å². The van der Waals surface area contributed by atoms with Crippen LogP contribution in [0, 0.1) is 0 Å². The Morgan fingerprint density at radius 2 is 1.53 bits per heavy atom. The van der Waals surface area contributed by atoms with Crippen LogP contribution < -0.4 is 5.32 Å². The van der Waals surface area contributed by atoms with E-state index in [0.29, 0.717) is 6.04 Å². The van der Waals surface area contributed by atoms with Gasteiger partial charge < -0.3 is 5.32 Å². The zero-order valence-corrected chi connectivity index (χ0v) is 10.3. The maximum absolute atomic E-state index is 3.55.